The summed E-state index contributed by atoms with van der Waals surface area (Å²) < 4.78 is 0. The number of carbonyl (C=O) groups excluding carboxylic acids is 3. The molecule has 0 fully saturated rings. The molecule has 0 saturated heterocycles. The molecule has 0 spiro atoms. The number of aromatic nitrogens is 1. The number of hydrogen-bond donors (Lipinski definition) is 6. The van der Waals surface area contributed by atoms with Gasteiger partial charge in [-0.25, -0.2) is 0 Å². The smallest absolute Gasteiger partial charge is 0.244 e. The van der Waals surface area contributed by atoms with Crippen LogP contribution in [0.4, 0.5) is 0 Å². The van der Waals surface area contributed by atoms with Gasteiger partial charge in [-0.2, -0.15) is 12.6 Å². The van der Waals surface area contributed by atoms with Crippen molar-refractivity contribution in [2.75, 3.05) is 5.75 Å². The third kappa shape index (κ3) is 5.89. The van der Waals surface area contributed by atoms with Crippen molar-refractivity contribution in [2.24, 2.45) is 11.5 Å². The number of nitrogens with two attached hydrogens (primary N) is 2. The van der Waals surface area contributed by atoms with Crippen LogP contribution in [-0.4, -0.2) is 46.6 Å². The second kappa shape index (κ2) is 10.8. The zero-order chi connectivity index (χ0) is 23.1. The number of nitrogens with one attached hydrogen (secondary N) is 3. The topological polar surface area (TPSA) is 143 Å². The van der Waals surface area contributed by atoms with Crippen molar-refractivity contribution < 1.29 is 14.4 Å². The Kier molecular flexibility index (Phi) is 7.91. The van der Waals surface area contributed by atoms with Crippen LogP contribution in [0.3, 0.4) is 0 Å². The molecule has 0 aliphatic carbocycles. The summed E-state index contributed by atoms with van der Waals surface area (Å²) in [7, 11) is 0. The molecule has 2 aromatic carbocycles. The van der Waals surface area contributed by atoms with Crippen molar-refractivity contribution in [1.82, 2.24) is 15.6 Å². The van der Waals surface area contributed by atoms with Crippen molar-refractivity contribution in [3.05, 3.63) is 71.9 Å². The summed E-state index contributed by atoms with van der Waals surface area (Å²) in [6.45, 7) is 0. The van der Waals surface area contributed by atoms with Crippen LogP contribution in [0, 0.1) is 0 Å². The van der Waals surface area contributed by atoms with Gasteiger partial charge in [0.25, 0.3) is 0 Å². The molecule has 0 unspecified atom stereocenters. The minimum atomic E-state index is -0.961. The van der Waals surface area contributed by atoms with Crippen molar-refractivity contribution in [3.8, 4) is 0 Å². The zero-order valence-corrected chi connectivity index (χ0v) is 18.3. The normalized spacial score (nSPS) is 13.8. The van der Waals surface area contributed by atoms with Crippen LogP contribution < -0.4 is 22.1 Å². The van der Waals surface area contributed by atoms with E-state index < -0.39 is 35.8 Å². The molecular formula is C23H27N5O3S. The van der Waals surface area contributed by atoms with Gasteiger partial charge >= 0.3 is 0 Å². The van der Waals surface area contributed by atoms with Gasteiger partial charge in [0.1, 0.15) is 12.1 Å². The van der Waals surface area contributed by atoms with E-state index in [1.807, 2.05) is 54.6 Å². The molecule has 168 valence electrons. The van der Waals surface area contributed by atoms with E-state index in [4.69, 9.17) is 11.5 Å². The van der Waals surface area contributed by atoms with Gasteiger partial charge in [-0.3, -0.25) is 14.4 Å². The monoisotopic (exact) mass is 453 g/mol. The lowest BCUT2D eigenvalue weighted by Gasteiger charge is -2.22. The second-order valence-electron chi connectivity index (χ2n) is 7.57. The highest BCUT2D eigenvalue weighted by molar-refractivity contribution is 7.80. The Hall–Kier alpha value is -3.30. The molecule has 1 heterocycles. The molecule has 7 N–H and O–H groups in total. The summed E-state index contributed by atoms with van der Waals surface area (Å²) in [6, 6.07) is 14.2. The molecule has 0 aliphatic heterocycles. The van der Waals surface area contributed by atoms with E-state index in [0.29, 0.717) is 6.42 Å². The fourth-order valence-corrected chi connectivity index (χ4v) is 3.71. The van der Waals surface area contributed by atoms with Crippen molar-refractivity contribution in [2.45, 2.75) is 31.0 Å². The number of para-hydroxylation sites is 1. The fraction of sp³-hybridized carbons (Fsp3) is 0.261. The van der Waals surface area contributed by atoms with Gasteiger partial charge in [0.05, 0.1) is 6.04 Å². The zero-order valence-electron chi connectivity index (χ0n) is 17.5. The lowest BCUT2D eigenvalue weighted by Crippen LogP contribution is -2.56. The molecule has 9 heteroatoms. The quantitative estimate of drug-likeness (QED) is 0.251. The standard InChI is InChI=1S/C23H27N5O3S/c24-17(10-14-6-2-1-3-7-14)22(30)28-20(13-32)23(31)27-19(21(25)29)11-15-12-26-18-9-5-4-8-16(15)18/h1-9,12,17,19-20,26,32H,10-11,13,24H2,(H2,25,29)(H,27,31)(H,28,30)/t17-,19+,20+/m1/s1. The van der Waals surface area contributed by atoms with E-state index in [1.165, 1.54) is 0 Å². The number of fused-ring (bicyclic) bond motifs is 1. The maximum Gasteiger partial charge on any atom is 0.244 e. The molecule has 0 bridgehead atoms. The molecule has 0 saturated carbocycles. The van der Waals surface area contributed by atoms with Gasteiger partial charge in [-0.05, 0) is 23.6 Å². The number of amides is 3. The first-order chi connectivity index (χ1) is 15.4. The molecule has 1 aromatic heterocycles. The molecule has 32 heavy (non-hydrogen) atoms. The van der Waals surface area contributed by atoms with Crippen LogP contribution in [0.1, 0.15) is 11.1 Å². The molecule has 3 amide bonds. The van der Waals surface area contributed by atoms with E-state index in [2.05, 4.69) is 28.2 Å². The first-order valence-electron chi connectivity index (χ1n) is 10.2. The van der Waals surface area contributed by atoms with Crippen LogP contribution in [-0.2, 0) is 27.2 Å². The highest BCUT2D eigenvalue weighted by atomic mass is 32.1. The average Bonchev–Trinajstić information content (AvgIpc) is 3.20. The molecule has 3 rings (SSSR count). The van der Waals surface area contributed by atoms with Crippen molar-refractivity contribution in [3.63, 3.8) is 0 Å². The summed E-state index contributed by atoms with van der Waals surface area (Å²) in [4.78, 5) is 40.4. The maximum atomic E-state index is 12.8. The summed E-state index contributed by atoms with van der Waals surface area (Å²) in [5, 5.41) is 6.18. The lowest BCUT2D eigenvalue weighted by atomic mass is 10.0. The number of aromatic amines is 1. The first-order valence-corrected chi connectivity index (χ1v) is 10.9. The predicted molar refractivity (Wildman–Crippen MR) is 127 cm³/mol. The maximum absolute atomic E-state index is 12.8. The highest BCUT2D eigenvalue weighted by Crippen LogP contribution is 2.19. The van der Waals surface area contributed by atoms with Crippen LogP contribution in [0.15, 0.2) is 60.8 Å². The van der Waals surface area contributed by atoms with E-state index >= 15 is 0 Å². The van der Waals surface area contributed by atoms with Gasteiger partial charge in [0.2, 0.25) is 17.7 Å². The van der Waals surface area contributed by atoms with Gasteiger partial charge in [0.15, 0.2) is 0 Å². The molecule has 8 nitrogen and oxygen atoms in total. The number of rotatable bonds is 10. The largest absolute Gasteiger partial charge is 0.368 e. The summed E-state index contributed by atoms with van der Waals surface area (Å²) in [5.74, 6) is -1.67. The third-order valence-corrected chi connectivity index (χ3v) is 5.57. The van der Waals surface area contributed by atoms with Crippen molar-refractivity contribution >= 4 is 41.3 Å². The number of primary amides is 1. The van der Waals surface area contributed by atoms with Crippen LogP contribution >= 0.6 is 12.6 Å². The van der Waals surface area contributed by atoms with E-state index in [1.54, 1.807) is 6.20 Å². The molecule has 0 radical (unpaired) electrons. The van der Waals surface area contributed by atoms with Gasteiger partial charge in [-0.15, -0.1) is 0 Å². The van der Waals surface area contributed by atoms with Crippen molar-refractivity contribution in [1.29, 1.82) is 0 Å². The van der Waals surface area contributed by atoms with E-state index in [0.717, 1.165) is 22.0 Å². The Morgan fingerprint density at radius 1 is 0.906 bits per heavy atom. The van der Waals surface area contributed by atoms with Gasteiger partial charge in [-0.1, -0.05) is 48.5 Å². The summed E-state index contributed by atoms with van der Waals surface area (Å²) >= 11 is 4.17. The SMILES string of the molecule is NC(=O)[C@H](Cc1c[nH]c2ccccc12)NC(=O)[C@H](CS)NC(=O)[C@H](N)Cc1ccccc1. The Morgan fingerprint density at radius 2 is 1.56 bits per heavy atom. The number of carbonyl (C=O) groups is 3. The van der Waals surface area contributed by atoms with Gasteiger partial charge in [0, 0.05) is 29.3 Å². The Morgan fingerprint density at radius 3 is 2.25 bits per heavy atom. The number of benzene rings is 2. The molecular weight excluding hydrogens is 426 g/mol. The Labute approximate surface area is 191 Å². The number of hydrogen-bond acceptors (Lipinski definition) is 5. The molecule has 3 aromatic rings. The predicted octanol–water partition coefficient (Wildman–Crippen LogP) is 0.665. The summed E-state index contributed by atoms with van der Waals surface area (Å²) in [5.41, 5.74) is 14.2. The minimum absolute atomic E-state index is 0.0359. The molecule has 3 atom stereocenters. The van der Waals surface area contributed by atoms with Crippen LogP contribution in [0.25, 0.3) is 10.9 Å². The van der Waals surface area contributed by atoms with E-state index in [-0.39, 0.29) is 12.2 Å². The van der Waals surface area contributed by atoms with Gasteiger partial charge < -0.3 is 27.1 Å². The summed E-state index contributed by atoms with van der Waals surface area (Å²) in [6.07, 6.45) is 2.33. The number of H-pyrrole nitrogens is 1. The average molecular weight is 454 g/mol. The minimum Gasteiger partial charge on any atom is -0.368 e. The Bertz CT molecular complexity index is 1090. The lowest BCUT2D eigenvalue weighted by molar-refractivity contribution is -0.131. The highest BCUT2D eigenvalue weighted by Gasteiger charge is 2.27. The fourth-order valence-electron chi connectivity index (χ4n) is 3.45. The number of thiol groups is 1. The van der Waals surface area contributed by atoms with Crippen LogP contribution in [0.5, 0.6) is 0 Å². The molecule has 0 aliphatic rings. The third-order valence-electron chi connectivity index (χ3n) is 5.21. The van der Waals surface area contributed by atoms with E-state index in [9.17, 15) is 14.4 Å². The second-order valence-corrected chi connectivity index (χ2v) is 7.93. The van der Waals surface area contributed by atoms with Crippen LogP contribution in [0.2, 0.25) is 0 Å². The first kappa shape index (κ1) is 23.4. The Balaban J connectivity index is 1.62.